The molecule has 1 aromatic carbocycles. The molecule has 2 N–H and O–H groups in total. The van der Waals surface area contributed by atoms with Crippen molar-refractivity contribution in [3.63, 3.8) is 0 Å². The highest BCUT2D eigenvalue weighted by molar-refractivity contribution is 6.31. The summed E-state index contributed by atoms with van der Waals surface area (Å²) in [6.45, 7) is 0.178. The standard InChI is InChI=1S/C12H13ClF2N2/c13-9-1-2-10-8(3-4-16)6-17(7-12(14)15)11(10)5-9/h1-2,5-6,12H,3-4,7,16H2. The number of benzene rings is 1. The molecule has 2 nitrogen and oxygen atoms in total. The van der Waals surface area contributed by atoms with Crippen molar-refractivity contribution in [3.05, 3.63) is 35.0 Å². The van der Waals surface area contributed by atoms with Crippen molar-refractivity contribution in [1.29, 1.82) is 0 Å². The molecule has 92 valence electrons. The predicted octanol–water partition coefficient (Wildman–Crippen LogP) is 3.06. The van der Waals surface area contributed by atoms with E-state index < -0.39 is 6.43 Å². The van der Waals surface area contributed by atoms with Gasteiger partial charge in [0.15, 0.2) is 0 Å². The van der Waals surface area contributed by atoms with E-state index in [-0.39, 0.29) is 6.54 Å². The maximum absolute atomic E-state index is 12.5. The zero-order valence-electron chi connectivity index (χ0n) is 9.17. The first-order valence-corrected chi connectivity index (χ1v) is 5.75. The summed E-state index contributed by atoms with van der Waals surface area (Å²) in [6.07, 6.45) is 0.0318. The summed E-state index contributed by atoms with van der Waals surface area (Å²) in [4.78, 5) is 0. The number of halogens is 3. The first-order valence-electron chi connectivity index (χ1n) is 5.37. The van der Waals surface area contributed by atoms with Crippen LogP contribution in [-0.4, -0.2) is 17.5 Å². The van der Waals surface area contributed by atoms with Gasteiger partial charge in [-0.05, 0) is 30.7 Å². The average molecular weight is 259 g/mol. The van der Waals surface area contributed by atoms with Crippen LogP contribution in [0.15, 0.2) is 24.4 Å². The minimum atomic E-state index is -2.38. The Labute approximate surface area is 103 Å². The molecule has 5 heteroatoms. The third-order valence-electron chi connectivity index (χ3n) is 2.68. The van der Waals surface area contributed by atoms with Gasteiger partial charge in [0.05, 0.1) is 6.54 Å². The van der Waals surface area contributed by atoms with Gasteiger partial charge in [-0.3, -0.25) is 0 Å². The van der Waals surface area contributed by atoms with Gasteiger partial charge in [-0.25, -0.2) is 8.78 Å². The number of nitrogens with zero attached hydrogens (tertiary/aromatic N) is 1. The number of alkyl halides is 2. The second kappa shape index (κ2) is 5.02. The van der Waals surface area contributed by atoms with Crippen molar-refractivity contribution in [3.8, 4) is 0 Å². The van der Waals surface area contributed by atoms with Crippen LogP contribution in [-0.2, 0) is 13.0 Å². The van der Waals surface area contributed by atoms with Gasteiger partial charge in [0.2, 0.25) is 0 Å². The Kier molecular flexibility index (Phi) is 3.64. The van der Waals surface area contributed by atoms with Crippen LogP contribution in [0.5, 0.6) is 0 Å². The van der Waals surface area contributed by atoms with Crippen LogP contribution in [0.2, 0.25) is 5.02 Å². The van der Waals surface area contributed by atoms with E-state index in [4.69, 9.17) is 17.3 Å². The van der Waals surface area contributed by atoms with E-state index in [9.17, 15) is 8.78 Å². The molecule has 0 fully saturated rings. The number of aromatic nitrogens is 1. The Balaban J connectivity index is 2.54. The Bertz CT molecular complexity index is 522. The van der Waals surface area contributed by atoms with Crippen LogP contribution in [0.3, 0.4) is 0 Å². The number of hydrogen-bond donors (Lipinski definition) is 1. The van der Waals surface area contributed by atoms with Crippen molar-refractivity contribution in [2.24, 2.45) is 5.73 Å². The summed E-state index contributed by atoms with van der Waals surface area (Å²) >= 11 is 5.89. The fraction of sp³-hybridized carbons (Fsp3) is 0.333. The summed E-state index contributed by atoms with van der Waals surface area (Å²) < 4.78 is 26.5. The van der Waals surface area contributed by atoms with Crippen molar-refractivity contribution < 1.29 is 8.78 Å². The molecule has 0 saturated carbocycles. The van der Waals surface area contributed by atoms with Gasteiger partial charge in [0, 0.05) is 22.1 Å². The largest absolute Gasteiger partial charge is 0.341 e. The quantitative estimate of drug-likeness (QED) is 0.898. The molecule has 17 heavy (non-hydrogen) atoms. The molecular weight excluding hydrogens is 246 g/mol. The molecule has 0 spiro atoms. The van der Waals surface area contributed by atoms with Crippen LogP contribution in [0.25, 0.3) is 10.9 Å². The molecular formula is C12H13ClF2N2. The van der Waals surface area contributed by atoms with Crippen molar-refractivity contribution >= 4 is 22.5 Å². The topological polar surface area (TPSA) is 30.9 Å². The van der Waals surface area contributed by atoms with Crippen LogP contribution in [0.4, 0.5) is 8.78 Å². The van der Waals surface area contributed by atoms with Gasteiger partial charge < -0.3 is 10.3 Å². The minimum Gasteiger partial charge on any atom is -0.341 e. The molecule has 0 atom stereocenters. The monoisotopic (exact) mass is 258 g/mol. The van der Waals surface area contributed by atoms with Crippen molar-refractivity contribution in [2.75, 3.05) is 6.54 Å². The molecule has 0 aliphatic heterocycles. The SMILES string of the molecule is NCCc1cn(CC(F)F)c2cc(Cl)ccc12. The van der Waals surface area contributed by atoms with Gasteiger partial charge in [-0.2, -0.15) is 0 Å². The highest BCUT2D eigenvalue weighted by Gasteiger charge is 2.11. The molecule has 0 unspecified atom stereocenters. The van der Waals surface area contributed by atoms with Gasteiger partial charge in [0.25, 0.3) is 6.43 Å². The average Bonchev–Trinajstić information content (AvgIpc) is 2.56. The molecule has 0 aliphatic rings. The van der Waals surface area contributed by atoms with Gasteiger partial charge in [-0.1, -0.05) is 17.7 Å². The van der Waals surface area contributed by atoms with Crippen LogP contribution in [0.1, 0.15) is 5.56 Å². The lowest BCUT2D eigenvalue weighted by Gasteiger charge is -2.03. The summed E-state index contributed by atoms with van der Waals surface area (Å²) in [5.41, 5.74) is 7.23. The van der Waals surface area contributed by atoms with Crippen LogP contribution >= 0.6 is 11.6 Å². The summed E-state index contributed by atoms with van der Waals surface area (Å²) in [5, 5.41) is 1.49. The summed E-state index contributed by atoms with van der Waals surface area (Å²) in [7, 11) is 0. The normalized spacial score (nSPS) is 11.6. The fourth-order valence-electron chi connectivity index (χ4n) is 2.00. The van der Waals surface area contributed by atoms with E-state index in [2.05, 4.69) is 0 Å². The van der Waals surface area contributed by atoms with E-state index in [1.54, 1.807) is 18.3 Å². The Morgan fingerprint density at radius 2 is 2.12 bits per heavy atom. The Morgan fingerprint density at radius 3 is 2.76 bits per heavy atom. The first kappa shape index (κ1) is 12.3. The molecule has 1 heterocycles. The fourth-order valence-corrected chi connectivity index (χ4v) is 2.16. The number of hydrogen-bond acceptors (Lipinski definition) is 1. The molecule has 0 bridgehead atoms. The molecule has 0 radical (unpaired) electrons. The van der Waals surface area contributed by atoms with Gasteiger partial charge in [-0.15, -0.1) is 0 Å². The number of nitrogens with two attached hydrogens (primary N) is 1. The summed E-state index contributed by atoms with van der Waals surface area (Å²) in [5.74, 6) is 0. The van der Waals surface area contributed by atoms with Gasteiger partial charge >= 0.3 is 0 Å². The van der Waals surface area contributed by atoms with Crippen LogP contribution < -0.4 is 5.73 Å². The maximum Gasteiger partial charge on any atom is 0.256 e. The zero-order chi connectivity index (χ0) is 12.4. The van der Waals surface area contributed by atoms with E-state index in [1.165, 1.54) is 4.57 Å². The molecule has 0 amide bonds. The lowest BCUT2D eigenvalue weighted by Crippen LogP contribution is -2.05. The Hall–Kier alpha value is -1.13. The molecule has 0 aliphatic carbocycles. The third kappa shape index (κ3) is 2.58. The predicted molar refractivity (Wildman–Crippen MR) is 65.7 cm³/mol. The zero-order valence-corrected chi connectivity index (χ0v) is 9.92. The van der Waals surface area contributed by atoms with Crippen molar-refractivity contribution in [1.82, 2.24) is 4.57 Å². The summed E-state index contributed by atoms with van der Waals surface area (Å²) in [6, 6.07) is 5.32. The van der Waals surface area contributed by atoms with E-state index >= 15 is 0 Å². The highest BCUT2D eigenvalue weighted by Crippen LogP contribution is 2.25. The van der Waals surface area contributed by atoms with Gasteiger partial charge in [0.1, 0.15) is 0 Å². The maximum atomic E-state index is 12.5. The number of rotatable bonds is 4. The molecule has 2 aromatic rings. The number of fused-ring (bicyclic) bond motifs is 1. The third-order valence-corrected chi connectivity index (χ3v) is 2.91. The molecule has 0 saturated heterocycles. The lowest BCUT2D eigenvalue weighted by molar-refractivity contribution is 0.128. The minimum absolute atomic E-state index is 0.318. The van der Waals surface area contributed by atoms with E-state index in [1.807, 2.05) is 6.07 Å². The van der Waals surface area contributed by atoms with Crippen LogP contribution in [0, 0.1) is 0 Å². The Morgan fingerprint density at radius 1 is 1.35 bits per heavy atom. The van der Waals surface area contributed by atoms with Crippen molar-refractivity contribution in [2.45, 2.75) is 19.4 Å². The second-order valence-electron chi connectivity index (χ2n) is 3.90. The smallest absolute Gasteiger partial charge is 0.256 e. The molecule has 2 rings (SSSR count). The lowest BCUT2D eigenvalue weighted by atomic mass is 10.1. The van der Waals surface area contributed by atoms with E-state index in [0.717, 1.165) is 16.5 Å². The second-order valence-corrected chi connectivity index (χ2v) is 4.33. The first-order chi connectivity index (χ1) is 8.11. The highest BCUT2D eigenvalue weighted by atomic mass is 35.5. The van der Waals surface area contributed by atoms with E-state index in [0.29, 0.717) is 18.0 Å². The molecule has 1 aromatic heterocycles.